The van der Waals surface area contributed by atoms with Gasteiger partial charge in [-0.25, -0.2) is 0 Å². The first kappa shape index (κ1) is 14.8. The number of benzene rings is 2. The molecule has 1 nitrogen and oxygen atoms in total. The molecule has 0 saturated carbocycles. The van der Waals surface area contributed by atoms with Crippen molar-refractivity contribution in [1.29, 1.82) is 0 Å². The van der Waals surface area contributed by atoms with Gasteiger partial charge in [0, 0.05) is 22.0 Å². The SMILES string of the molecule is O=C(c1ccc2c(c1)Cc1ccccc1-2)C1CC2CCCC(C1)S2. The lowest BCUT2D eigenvalue weighted by atomic mass is 9.84. The smallest absolute Gasteiger partial charge is 0.166 e. The molecular weight excluding hydrogens is 312 g/mol. The summed E-state index contributed by atoms with van der Waals surface area (Å²) < 4.78 is 0. The molecule has 2 aliphatic heterocycles. The Bertz CT molecular complexity index is 797. The topological polar surface area (TPSA) is 17.1 Å². The van der Waals surface area contributed by atoms with Crippen molar-refractivity contribution in [3.63, 3.8) is 0 Å². The van der Waals surface area contributed by atoms with Gasteiger partial charge in [-0.3, -0.25) is 4.79 Å². The lowest BCUT2D eigenvalue weighted by Gasteiger charge is -2.38. The zero-order valence-electron chi connectivity index (χ0n) is 13.8. The van der Waals surface area contributed by atoms with Crippen LogP contribution in [0.4, 0.5) is 0 Å². The number of hydrogen-bond donors (Lipinski definition) is 0. The van der Waals surface area contributed by atoms with E-state index in [1.165, 1.54) is 41.5 Å². The second-order valence-electron chi connectivity index (χ2n) is 7.55. The summed E-state index contributed by atoms with van der Waals surface area (Å²) in [6.45, 7) is 0. The van der Waals surface area contributed by atoms with Gasteiger partial charge in [0.2, 0.25) is 0 Å². The predicted octanol–water partition coefficient (Wildman–Crippen LogP) is 5.50. The van der Waals surface area contributed by atoms with E-state index in [2.05, 4.69) is 54.2 Å². The van der Waals surface area contributed by atoms with Gasteiger partial charge < -0.3 is 0 Å². The number of fused-ring (bicyclic) bond motifs is 5. The highest BCUT2D eigenvalue weighted by molar-refractivity contribution is 8.00. The number of thioether (sulfide) groups is 1. The van der Waals surface area contributed by atoms with Crippen molar-refractivity contribution < 1.29 is 4.79 Å². The van der Waals surface area contributed by atoms with Crippen molar-refractivity contribution in [1.82, 2.24) is 0 Å². The summed E-state index contributed by atoms with van der Waals surface area (Å²) >= 11 is 2.15. The average Bonchev–Trinajstić information content (AvgIpc) is 2.98. The molecule has 0 radical (unpaired) electrons. The summed E-state index contributed by atoms with van der Waals surface area (Å²) in [5.41, 5.74) is 6.32. The number of Topliss-reactive ketones (excluding diaryl/α,β-unsaturated/α-hetero) is 1. The van der Waals surface area contributed by atoms with Crippen molar-refractivity contribution in [2.24, 2.45) is 5.92 Å². The molecule has 0 aromatic heterocycles. The lowest BCUT2D eigenvalue weighted by Crippen LogP contribution is -2.32. The maximum atomic E-state index is 13.1. The van der Waals surface area contributed by atoms with Crippen LogP contribution in [0.15, 0.2) is 42.5 Å². The van der Waals surface area contributed by atoms with Gasteiger partial charge in [-0.2, -0.15) is 11.8 Å². The summed E-state index contributed by atoms with van der Waals surface area (Å²) in [4.78, 5) is 13.1. The van der Waals surface area contributed by atoms with E-state index in [0.29, 0.717) is 5.78 Å². The van der Waals surface area contributed by atoms with Crippen LogP contribution >= 0.6 is 11.8 Å². The molecular formula is C22H22OS. The Kier molecular flexibility index (Phi) is 3.55. The third-order valence-electron chi connectivity index (χ3n) is 5.98. The molecule has 2 heteroatoms. The van der Waals surface area contributed by atoms with Gasteiger partial charge in [0.15, 0.2) is 5.78 Å². The van der Waals surface area contributed by atoms with Gasteiger partial charge in [0.25, 0.3) is 0 Å². The van der Waals surface area contributed by atoms with E-state index >= 15 is 0 Å². The lowest BCUT2D eigenvalue weighted by molar-refractivity contribution is 0.0896. The van der Waals surface area contributed by atoms with Crippen molar-refractivity contribution in [3.05, 3.63) is 59.2 Å². The Hall–Kier alpha value is -1.54. The number of carbonyl (C=O) groups is 1. The molecule has 3 aliphatic rings. The van der Waals surface area contributed by atoms with Crippen molar-refractivity contribution in [3.8, 4) is 11.1 Å². The van der Waals surface area contributed by atoms with Gasteiger partial charge >= 0.3 is 0 Å². The Labute approximate surface area is 147 Å². The predicted molar refractivity (Wildman–Crippen MR) is 101 cm³/mol. The molecule has 0 N–H and O–H groups in total. The molecule has 1 aliphatic carbocycles. The van der Waals surface area contributed by atoms with Gasteiger partial charge in [0.05, 0.1) is 0 Å². The Morgan fingerprint density at radius 1 is 0.917 bits per heavy atom. The van der Waals surface area contributed by atoms with Crippen LogP contribution in [0.2, 0.25) is 0 Å². The maximum Gasteiger partial charge on any atom is 0.166 e. The van der Waals surface area contributed by atoms with Crippen molar-refractivity contribution in [2.45, 2.75) is 49.0 Å². The van der Waals surface area contributed by atoms with Crippen molar-refractivity contribution >= 4 is 17.5 Å². The monoisotopic (exact) mass is 334 g/mol. The second kappa shape index (κ2) is 5.77. The first-order chi connectivity index (χ1) is 11.8. The van der Waals surface area contributed by atoms with Crippen LogP contribution in [0.25, 0.3) is 11.1 Å². The molecule has 5 rings (SSSR count). The van der Waals surface area contributed by atoms with Gasteiger partial charge in [0.1, 0.15) is 0 Å². The fourth-order valence-electron chi connectivity index (χ4n) is 4.81. The molecule has 0 amide bonds. The minimum absolute atomic E-state index is 0.253. The minimum Gasteiger partial charge on any atom is -0.294 e. The molecule has 2 aromatic carbocycles. The molecule has 2 heterocycles. The van der Waals surface area contributed by atoms with E-state index in [-0.39, 0.29) is 5.92 Å². The third kappa shape index (κ3) is 2.43. The molecule has 2 fully saturated rings. The molecule has 2 saturated heterocycles. The van der Waals surface area contributed by atoms with E-state index in [1.807, 2.05) is 0 Å². The van der Waals surface area contributed by atoms with Gasteiger partial charge in [-0.15, -0.1) is 0 Å². The standard InChI is InChI=1S/C22H22OS/c23-22(17-12-18-5-3-6-19(13-17)24-18)15-8-9-21-16(11-15)10-14-4-1-2-7-20(14)21/h1-2,4,7-9,11,17-19H,3,5-6,10,12-13H2. The Balaban J connectivity index is 1.42. The van der Waals surface area contributed by atoms with Crippen LogP contribution < -0.4 is 0 Å². The van der Waals surface area contributed by atoms with Crippen LogP contribution in [0, 0.1) is 5.92 Å². The van der Waals surface area contributed by atoms with E-state index < -0.39 is 0 Å². The van der Waals surface area contributed by atoms with Crippen molar-refractivity contribution in [2.75, 3.05) is 0 Å². The van der Waals surface area contributed by atoms with Gasteiger partial charge in [-0.1, -0.05) is 42.8 Å². The first-order valence-corrected chi connectivity index (χ1v) is 10.1. The number of carbonyl (C=O) groups excluding carboxylic acids is 1. The molecule has 24 heavy (non-hydrogen) atoms. The molecule has 2 aromatic rings. The van der Waals surface area contributed by atoms with E-state index in [0.717, 1.165) is 35.3 Å². The summed E-state index contributed by atoms with van der Waals surface area (Å²) in [6, 6.07) is 15.0. The summed E-state index contributed by atoms with van der Waals surface area (Å²) in [5.74, 6) is 0.648. The summed E-state index contributed by atoms with van der Waals surface area (Å²) in [6.07, 6.45) is 7.14. The fourth-order valence-corrected chi connectivity index (χ4v) is 6.64. The summed E-state index contributed by atoms with van der Waals surface area (Å²) in [7, 11) is 0. The highest BCUT2D eigenvalue weighted by Crippen LogP contribution is 2.45. The van der Waals surface area contributed by atoms with Crippen LogP contribution in [0.5, 0.6) is 0 Å². The normalized spacial score (nSPS) is 27.4. The number of ketones is 1. The molecule has 122 valence electrons. The van der Waals surface area contributed by atoms with Crippen LogP contribution in [-0.4, -0.2) is 16.3 Å². The van der Waals surface area contributed by atoms with Gasteiger partial charge in [-0.05, 0) is 60.4 Å². The first-order valence-electron chi connectivity index (χ1n) is 9.19. The molecule has 2 atom stereocenters. The molecule has 2 bridgehead atoms. The summed E-state index contributed by atoms with van der Waals surface area (Å²) in [5, 5.41) is 1.45. The maximum absolute atomic E-state index is 13.1. The van der Waals surface area contributed by atoms with E-state index in [9.17, 15) is 4.79 Å². The number of rotatable bonds is 2. The van der Waals surface area contributed by atoms with E-state index in [1.54, 1.807) is 0 Å². The average molecular weight is 334 g/mol. The fraction of sp³-hybridized carbons (Fsp3) is 0.409. The molecule has 0 spiro atoms. The minimum atomic E-state index is 0.253. The van der Waals surface area contributed by atoms with Crippen LogP contribution in [-0.2, 0) is 6.42 Å². The van der Waals surface area contributed by atoms with E-state index in [4.69, 9.17) is 0 Å². The zero-order chi connectivity index (χ0) is 16.1. The zero-order valence-corrected chi connectivity index (χ0v) is 14.6. The quantitative estimate of drug-likeness (QED) is 0.575. The largest absolute Gasteiger partial charge is 0.294 e. The second-order valence-corrected chi connectivity index (χ2v) is 9.15. The third-order valence-corrected chi connectivity index (χ3v) is 7.61. The highest BCUT2D eigenvalue weighted by Gasteiger charge is 2.36. The highest BCUT2D eigenvalue weighted by atomic mass is 32.2. The Morgan fingerprint density at radius 3 is 2.50 bits per heavy atom. The van der Waals surface area contributed by atoms with Crippen LogP contribution in [0.1, 0.15) is 53.6 Å². The van der Waals surface area contributed by atoms with Crippen LogP contribution in [0.3, 0.4) is 0 Å². The molecule has 2 unspecified atom stereocenters. The number of hydrogen-bond acceptors (Lipinski definition) is 2. The Morgan fingerprint density at radius 2 is 1.67 bits per heavy atom.